The SMILES string of the molecule is [2H]c1ccc(-c2ccccc2-c2c3ccccc3c(-c3cccc4oc5cc6ccccc6cc5c34)c3ccccc23)cc1. The molecule has 9 rings (SSSR count). The molecule has 0 saturated carbocycles. The quantitative estimate of drug-likeness (QED) is 0.201. The lowest BCUT2D eigenvalue weighted by Crippen LogP contribution is -1.93. The molecule has 0 aliphatic carbocycles. The van der Waals surface area contributed by atoms with Gasteiger partial charge >= 0.3 is 0 Å². The van der Waals surface area contributed by atoms with Crippen LogP contribution in [-0.4, -0.2) is 0 Å². The van der Waals surface area contributed by atoms with Crippen molar-refractivity contribution in [2.45, 2.75) is 0 Å². The van der Waals surface area contributed by atoms with E-state index in [0.717, 1.165) is 33.1 Å². The van der Waals surface area contributed by atoms with Gasteiger partial charge in [-0.05, 0) is 83.9 Å². The first-order chi connectivity index (χ1) is 21.7. The first-order valence-electron chi connectivity index (χ1n) is 15.2. The van der Waals surface area contributed by atoms with Gasteiger partial charge in [-0.25, -0.2) is 0 Å². The van der Waals surface area contributed by atoms with Gasteiger partial charge in [0.05, 0.1) is 1.37 Å². The second-order valence-corrected chi connectivity index (χ2v) is 11.2. The molecule has 0 atom stereocenters. The van der Waals surface area contributed by atoms with Crippen LogP contribution in [0.1, 0.15) is 1.37 Å². The Morgan fingerprint density at radius 1 is 0.395 bits per heavy atom. The van der Waals surface area contributed by atoms with Crippen molar-refractivity contribution in [2.24, 2.45) is 0 Å². The van der Waals surface area contributed by atoms with Crippen molar-refractivity contribution in [2.75, 3.05) is 0 Å². The number of rotatable bonds is 3. The predicted octanol–water partition coefficient (Wildman–Crippen LogP) is 12.0. The summed E-state index contributed by atoms with van der Waals surface area (Å²) >= 11 is 0. The van der Waals surface area contributed by atoms with E-state index in [0.29, 0.717) is 6.04 Å². The number of hydrogen-bond donors (Lipinski definition) is 0. The Hall–Kier alpha value is -5.66. The Kier molecular flexibility index (Phi) is 5.04. The first-order valence-corrected chi connectivity index (χ1v) is 14.7. The van der Waals surface area contributed by atoms with Gasteiger partial charge in [-0.2, -0.15) is 0 Å². The maximum atomic E-state index is 8.02. The van der Waals surface area contributed by atoms with Crippen LogP contribution in [-0.2, 0) is 0 Å². The summed E-state index contributed by atoms with van der Waals surface area (Å²) in [5.74, 6) is 0. The summed E-state index contributed by atoms with van der Waals surface area (Å²) in [4.78, 5) is 0. The van der Waals surface area contributed by atoms with Crippen molar-refractivity contribution >= 4 is 54.3 Å². The molecule has 0 N–H and O–H groups in total. The maximum absolute atomic E-state index is 8.02. The Bertz CT molecular complexity index is 2500. The van der Waals surface area contributed by atoms with Crippen LogP contribution in [0.15, 0.2) is 162 Å². The molecule has 200 valence electrons. The maximum Gasteiger partial charge on any atom is 0.136 e. The molecule has 1 heteroatoms. The molecular weight excluding hydrogens is 520 g/mol. The van der Waals surface area contributed by atoms with Crippen molar-refractivity contribution < 1.29 is 5.79 Å². The van der Waals surface area contributed by atoms with Crippen molar-refractivity contribution in [3.8, 4) is 33.4 Å². The van der Waals surface area contributed by atoms with Crippen LogP contribution in [0.2, 0.25) is 0 Å². The zero-order valence-electron chi connectivity index (χ0n) is 24.3. The van der Waals surface area contributed by atoms with Gasteiger partial charge in [-0.1, -0.05) is 140 Å². The molecule has 1 heterocycles. The highest BCUT2D eigenvalue weighted by Gasteiger charge is 2.21. The van der Waals surface area contributed by atoms with Crippen LogP contribution in [0, 0.1) is 0 Å². The largest absolute Gasteiger partial charge is 0.456 e. The lowest BCUT2D eigenvalue weighted by Gasteiger charge is -2.20. The third-order valence-corrected chi connectivity index (χ3v) is 8.79. The molecule has 43 heavy (non-hydrogen) atoms. The fraction of sp³-hybridized carbons (Fsp3) is 0. The van der Waals surface area contributed by atoms with Gasteiger partial charge in [0.15, 0.2) is 0 Å². The van der Waals surface area contributed by atoms with E-state index < -0.39 is 0 Å². The van der Waals surface area contributed by atoms with Crippen molar-refractivity contribution in [1.29, 1.82) is 0 Å². The summed E-state index contributed by atoms with van der Waals surface area (Å²) in [5, 5.41) is 9.50. The van der Waals surface area contributed by atoms with Crippen LogP contribution >= 0.6 is 0 Å². The smallest absolute Gasteiger partial charge is 0.136 e. The van der Waals surface area contributed by atoms with Gasteiger partial charge in [-0.3, -0.25) is 0 Å². The third-order valence-electron chi connectivity index (χ3n) is 8.79. The third kappa shape index (κ3) is 3.65. The van der Waals surface area contributed by atoms with Crippen molar-refractivity contribution in [3.63, 3.8) is 0 Å². The Morgan fingerprint density at radius 3 is 1.60 bits per heavy atom. The normalized spacial score (nSPS) is 12.0. The highest BCUT2D eigenvalue weighted by Crippen LogP contribution is 2.48. The minimum absolute atomic E-state index is 0.514. The monoisotopic (exact) mass is 547 g/mol. The average Bonchev–Trinajstić information content (AvgIpc) is 3.44. The van der Waals surface area contributed by atoms with Gasteiger partial charge < -0.3 is 4.42 Å². The molecule has 0 unspecified atom stereocenters. The number of hydrogen-bond acceptors (Lipinski definition) is 1. The topological polar surface area (TPSA) is 13.1 Å². The molecule has 0 bridgehead atoms. The zero-order chi connectivity index (χ0) is 29.2. The second kappa shape index (κ2) is 9.44. The minimum atomic E-state index is 0.514. The molecular formula is C42H26O. The van der Waals surface area contributed by atoms with E-state index in [2.05, 4.69) is 127 Å². The standard InChI is InChI=1S/C42H26O/c1-2-13-27(14-3-1)30-17-6-7-18-31(30)40-32-19-8-10-21-34(32)41(35-22-11-9-20-33(35)40)36-23-12-24-38-42(36)37-25-28-15-4-5-16-29(28)26-39(37)43-38/h1-26H/i1D. The zero-order valence-corrected chi connectivity index (χ0v) is 23.3. The molecule has 0 saturated heterocycles. The molecule has 0 amide bonds. The minimum Gasteiger partial charge on any atom is -0.456 e. The van der Waals surface area contributed by atoms with E-state index in [1.54, 1.807) is 0 Å². The van der Waals surface area contributed by atoms with Gasteiger partial charge in [0.1, 0.15) is 11.2 Å². The summed E-state index contributed by atoms with van der Waals surface area (Å²) < 4.78 is 14.5. The molecule has 0 aliphatic heterocycles. The second-order valence-electron chi connectivity index (χ2n) is 11.2. The summed E-state index contributed by atoms with van der Waals surface area (Å²) in [6.07, 6.45) is 0. The van der Waals surface area contributed by atoms with Crippen LogP contribution in [0.4, 0.5) is 0 Å². The summed E-state index contributed by atoms with van der Waals surface area (Å²) in [6.45, 7) is 0. The van der Waals surface area contributed by atoms with Crippen molar-refractivity contribution in [1.82, 2.24) is 0 Å². The van der Waals surface area contributed by atoms with Gasteiger partial charge in [-0.15, -0.1) is 0 Å². The first kappa shape index (κ1) is 23.0. The Balaban J connectivity index is 1.41. The van der Waals surface area contributed by atoms with Crippen LogP contribution in [0.5, 0.6) is 0 Å². The fourth-order valence-corrected chi connectivity index (χ4v) is 6.95. The molecule has 1 nitrogen and oxygen atoms in total. The van der Waals surface area contributed by atoms with E-state index in [-0.39, 0.29) is 0 Å². The lowest BCUT2D eigenvalue weighted by molar-refractivity contribution is 0.669. The number of furan rings is 1. The molecule has 1 aromatic heterocycles. The summed E-state index contributed by atoms with van der Waals surface area (Å²) in [5.41, 5.74) is 8.87. The Labute approximate surface area is 250 Å². The van der Waals surface area contributed by atoms with E-state index in [1.165, 1.54) is 54.6 Å². The average molecular weight is 548 g/mol. The van der Waals surface area contributed by atoms with Gasteiger partial charge in [0.2, 0.25) is 0 Å². The van der Waals surface area contributed by atoms with Gasteiger partial charge in [0.25, 0.3) is 0 Å². The van der Waals surface area contributed by atoms with Gasteiger partial charge in [0, 0.05) is 10.8 Å². The van der Waals surface area contributed by atoms with Crippen LogP contribution < -0.4 is 0 Å². The van der Waals surface area contributed by atoms with E-state index in [1.807, 2.05) is 24.3 Å². The van der Waals surface area contributed by atoms with E-state index in [9.17, 15) is 0 Å². The summed E-state index contributed by atoms with van der Waals surface area (Å²) in [6, 6.07) is 53.9. The fourth-order valence-electron chi connectivity index (χ4n) is 6.95. The molecule has 0 spiro atoms. The highest BCUT2D eigenvalue weighted by atomic mass is 16.3. The lowest BCUT2D eigenvalue weighted by atomic mass is 9.83. The molecule has 0 radical (unpaired) electrons. The van der Waals surface area contributed by atoms with Crippen molar-refractivity contribution in [3.05, 3.63) is 158 Å². The molecule has 0 fully saturated rings. The number of fused-ring (bicyclic) bond motifs is 6. The predicted molar refractivity (Wildman–Crippen MR) is 183 cm³/mol. The highest BCUT2D eigenvalue weighted by molar-refractivity contribution is 6.26. The summed E-state index contributed by atoms with van der Waals surface area (Å²) in [7, 11) is 0. The molecule has 0 aliphatic rings. The number of benzene rings is 8. The molecule has 8 aromatic carbocycles. The van der Waals surface area contributed by atoms with E-state index in [4.69, 9.17) is 5.79 Å². The van der Waals surface area contributed by atoms with Crippen LogP contribution in [0.3, 0.4) is 0 Å². The molecule has 9 aromatic rings. The van der Waals surface area contributed by atoms with Crippen LogP contribution in [0.25, 0.3) is 87.6 Å². The van der Waals surface area contributed by atoms with E-state index >= 15 is 0 Å². The Morgan fingerprint density at radius 2 is 0.930 bits per heavy atom.